The molecule has 0 spiro atoms. The molecule has 2 heteroatoms. The topological polar surface area (TPSA) is 34.1 Å². The van der Waals surface area contributed by atoms with Gasteiger partial charge < -0.3 is 0 Å². The molecule has 13 heavy (non-hydrogen) atoms. The van der Waals surface area contributed by atoms with Gasteiger partial charge in [0.25, 0.3) is 0 Å². The van der Waals surface area contributed by atoms with Crippen LogP contribution in [0.3, 0.4) is 0 Å². The molecular formula is C11H16O2. The highest BCUT2D eigenvalue weighted by Crippen LogP contribution is 2.30. The van der Waals surface area contributed by atoms with Crippen LogP contribution in [0.25, 0.3) is 0 Å². The molecule has 0 heterocycles. The molecular weight excluding hydrogens is 164 g/mol. The molecule has 2 nitrogen and oxygen atoms in total. The van der Waals surface area contributed by atoms with Crippen LogP contribution in [0.1, 0.15) is 33.6 Å². The molecule has 1 rings (SSSR count). The SMILES string of the molecule is CC(=O)[C@@H]1CC=C(C)C[C@H]1C(C)=O. The van der Waals surface area contributed by atoms with E-state index >= 15 is 0 Å². The average Bonchev–Trinajstić information content (AvgIpc) is 2.03. The summed E-state index contributed by atoms with van der Waals surface area (Å²) >= 11 is 0. The van der Waals surface area contributed by atoms with Crippen molar-refractivity contribution in [3.63, 3.8) is 0 Å². The van der Waals surface area contributed by atoms with E-state index in [4.69, 9.17) is 0 Å². The lowest BCUT2D eigenvalue weighted by atomic mass is 9.76. The van der Waals surface area contributed by atoms with Crippen molar-refractivity contribution >= 4 is 11.6 Å². The van der Waals surface area contributed by atoms with Gasteiger partial charge in [0.1, 0.15) is 11.6 Å². The molecule has 2 atom stereocenters. The lowest BCUT2D eigenvalue weighted by Gasteiger charge is -2.26. The number of carbonyl (C=O) groups excluding carboxylic acids is 2. The van der Waals surface area contributed by atoms with Crippen LogP contribution in [-0.4, -0.2) is 11.6 Å². The summed E-state index contributed by atoms with van der Waals surface area (Å²) in [7, 11) is 0. The Labute approximate surface area is 79.0 Å². The third-order valence-corrected chi connectivity index (χ3v) is 2.79. The molecule has 0 amide bonds. The molecule has 0 saturated heterocycles. The van der Waals surface area contributed by atoms with Crippen LogP contribution in [0.15, 0.2) is 11.6 Å². The molecule has 0 saturated carbocycles. The predicted molar refractivity (Wildman–Crippen MR) is 51.3 cm³/mol. The zero-order chi connectivity index (χ0) is 10.0. The van der Waals surface area contributed by atoms with Crippen LogP contribution in [0, 0.1) is 11.8 Å². The molecule has 0 aromatic heterocycles. The molecule has 1 aliphatic carbocycles. The van der Waals surface area contributed by atoms with Crippen molar-refractivity contribution in [1.82, 2.24) is 0 Å². The van der Waals surface area contributed by atoms with E-state index in [1.54, 1.807) is 13.8 Å². The van der Waals surface area contributed by atoms with Crippen molar-refractivity contribution in [3.05, 3.63) is 11.6 Å². The third kappa shape index (κ3) is 2.27. The van der Waals surface area contributed by atoms with Crippen LogP contribution in [0.5, 0.6) is 0 Å². The van der Waals surface area contributed by atoms with Crippen molar-refractivity contribution in [2.75, 3.05) is 0 Å². The Hall–Kier alpha value is -0.920. The summed E-state index contributed by atoms with van der Waals surface area (Å²) in [5.74, 6) is 0.153. The molecule has 0 aromatic carbocycles. The molecule has 72 valence electrons. The largest absolute Gasteiger partial charge is 0.300 e. The first-order valence-electron chi connectivity index (χ1n) is 4.69. The van der Waals surface area contributed by atoms with Gasteiger partial charge in [0.2, 0.25) is 0 Å². The second kappa shape index (κ2) is 3.86. The van der Waals surface area contributed by atoms with Gasteiger partial charge in [-0.25, -0.2) is 0 Å². The quantitative estimate of drug-likeness (QED) is 0.610. The molecule has 0 fully saturated rings. The molecule has 0 unspecified atom stereocenters. The van der Waals surface area contributed by atoms with E-state index in [9.17, 15) is 9.59 Å². The maximum absolute atomic E-state index is 11.3. The van der Waals surface area contributed by atoms with E-state index < -0.39 is 0 Å². The van der Waals surface area contributed by atoms with Gasteiger partial charge in [0, 0.05) is 11.8 Å². The van der Waals surface area contributed by atoms with Gasteiger partial charge in [-0.15, -0.1) is 0 Å². The summed E-state index contributed by atoms with van der Waals surface area (Å²) in [6, 6.07) is 0. The summed E-state index contributed by atoms with van der Waals surface area (Å²) in [4.78, 5) is 22.5. The van der Waals surface area contributed by atoms with Gasteiger partial charge in [-0.3, -0.25) is 9.59 Å². The third-order valence-electron chi connectivity index (χ3n) is 2.79. The fourth-order valence-electron chi connectivity index (χ4n) is 1.94. The fourth-order valence-corrected chi connectivity index (χ4v) is 1.94. The Morgan fingerprint density at radius 3 is 2.23 bits per heavy atom. The van der Waals surface area contributed by atoms with Gasteiger partial charge in [-0.1, -0.05) is 11.6 Å². The monoisotopic (exact) mass is 180 g/mol. The van der Waals surface area contributed by atoms with Gasteiger partial charge in [-0.05, 0) is 33.6 Å². The second-order valence-electron chi connectivity index (χ2n) is 3.92. The van der Waals surface area contributed by atoms with Crippen LogP contribution in [-0.2, 0) is 9.59 Å². The summed E-state index contributed by atoms with van der Waals surface area (Å²) in [5.41, 5.74) is 1.23. The Balaban J connectivity index is 2.83. The van der Waals surface area contributed by atoms with Gasteiger partial charge in [0.05, 0.1) is 0 Å². The minimum Gasteiger partial charge on any atom is -0.300 e. The average molecular weight is 180 g/mol. The number of hydrogen-bond acceptors (Lipinski definition) is 2. The van der Waals surface area contributed by atoms with Crippen molar-refractivity contribution in [2.45, 2.75) is 33.6 Å². The first kappa shape index (κ1) is 10.2. The van der Waals surface area contributed by atoms with Crippen LogP contribution >= 0.6 is 0 Å². The minimum atomic E-state index is -0.0683. The fraction of sp³-hybridized carbons (Fsp3) is 0.636. The standard InChI is InChI=1S/C11H16O2/c1-7-4-5-10(8(2)12)11(6-7)9(3)13/h4,10-11H,5-6H2,1-3H3/t10-,11-/m0/s1. The van der Waals surface area contributed by atoms with E-state index in [2.05, 4.69) is 6.08 Å². The summed E-state index contributed by atoms with van der Waals surface area (Å²) in [6.07, 6.45) is 3.58. The first-order chi connectivity index (χ1) is 6.02. The lowest BCUT2D eigenvalue weighted by molar-refractivity contribution is -0.130. The minimum absolute atomic E-state index is 0.0671. The number of carbonyl (C=O) groups is 2. The molecule has 0 N–H and O–H groups in total. The lowest BCUT2D eigenvalue weighted by Crippen LogP contribution is -2.29. The van der Waals surface area contributed by atoms with Crippen molar-refractivity contribution in [2.24, 2.45) is 11.8 Å². The van der Waals surface area contributed by atoms with E-state index in [0.29, 0.717) is 0 Å². The Morgan fingerprint density at radius 2 is 1.77 bits per heavy atom. The highest BCUT2D eigenvalue weighted by atomic mass is 16.1. The summed E-state index contributed by atoms with van der Waals surface area (Å²) < 4.78 is 0. The highest BCUT2D eigenvalue weighted by molar-refractivity contribution is 5.88. The Morgan fingerprint density at radius 1 is 1.23 bits per heavy atom. The Bertz CT molecular complexity index is 263. The zero-order valence-electron chi connectivity index (χ0n) is 8.46. The van der Waals surface area contributed by atoms with Gasteiger partial charge in [0.15, 0.2) is 0 Å². The maximum atomic E-state index is 11.3. The Kier molecular flexibility index (Phi) is 3.02. The van der Waals surface area contributed by atoms with E-state index in [0.717, 1.165) is 12.8 Å². The maximum Gasteiger partial charge on any atom is 0.133 e. The number of ketones is 2. The first-order valence-corrected chi connectivity index (χ1v) is 4.69. The number of Topliss-reactive ketones (excluding diaryl/α,β-unsaturated/α-hetero) is 2. The van der Waals surface area contributed by atoms with E-state index in [1.807, 2.05) is 6.92 Å². The zero-order valence-corrected chi connectivity index (χ0v) is 8.46. The van der Waals surface area contributed by atoms with Gasteiger partial charge in [-0.2, -0.15) is 0 Å². The normalized spacial score (nSPS) is 28.1. The smallest absolute Gasteiger partial charge is 0.133 e. The van der Waals surface area contributed by atoms with Crippen LogP contribution in [0.2, 0.25) is 0 Å². The molecule has 0 aromatic rings. The summed E-state index contributed by atoms with van der Waals surface area (Å²) in [6.45, 7) is 5.18. The number of rotatable bonds is 2. The van der Waals surface area contributed by atoms with Crippen LogP contribution < -0.4 is 0 Å². The molecule has 0 radical (unpaired) electrons. The van der Waals surface area contributed by atoms with Crippen LogP contribution in [0.4, 0.5) is 0 Å². The van der Waals surface area contributed by atoms with Crippen molar-refractivity contribution in [1.29, 1.82) is 0 Å². The van der Waals surface area contributed by atoms with Crippen molar-refractivity contribution < 1.29 is 9.59 Å². The van der Waals surface area contributed by atoms with Crippen molar-refractivity contribution in [3.8, 4) is 0 Å². The molecule has 1 aliphatic rings. The number of allylic oxidation sites excluding steroid dienone is 2. The van der Waals surface area contributed by atoms with E-state index in [1.165, 1.54) is 5.57 Å². The highest BCUT2D eigenvalue weighted by Gasteiger charge is 2.30. The number of hydrogen-bond donors (Lipinski definition) is 0. The molecule has 0 aliphatic heterocycles. The van der Waals surface area contributed by atoms with E-state index in [-0.39, 0.29) is 23.4 Å². The molecule has 0 bridgehead atoms. The second-order valence-corrected chi connectivity index (χ2v) is 3.92. The predicted octanol–water partition coefficient (Wildman–Crippen LogP) is 2.14. The van der Waals surface area contributed by atoms with Gasteiger partial charge >= 0.3 is 0 Å². The summed E-state index contributed by atoms with van der Waals surface area (Å²) in [5, 5.41) is 0.